The minimum atomic E-state index is -0.144. The number of hydrogen-bond acceptors (Lipinski definition) is 6. The van der Waals surface area contributed by atoms with E-state index in [-0.39, 0.29) is 11.6 Å². The summed E-state index contributed by atoms with van der Waals surface area (Å²) in [5.41, 5.74) is 0.661. The van der Waals surface area contributed by atoms with Crippen LogP contribution in [0.3, 0.4) is 0 Å². The van der Waals surface area contributed by atoms with E-state index >= 15 is 0 Å². The van der Waals surface area contributed by atoms with Gasteiger partial charge >= 0.3 is 0 Å². The van der Waals surface area contributed by atoms with Gasteiger partial charge in [0.1, 0.15) is 6.07 Å². The molecule has 6 nitrogen and oxygen atoms in total. The summed E-state index contributed by atoms with van der Waals surface area (Å²) in [4.78, 5) is 21.8. The summed E-state index contributed by atoms with van der Waals surface area (Å²) in [5.74, 6) is 0.662. The Hall–Kier alpha value is -2.79. The molecule has 1 saturated heterocycles. The van der Waals surface area contributed by atoms with Crippen LogP contribution in [0.2, 0.25) is 10.0 Å². The molecule has 0 aliphatic carbocycles. The number of amides is 1. The zero-order chi connectivity index (χ0) is 21.1. The van der Waals surface area contributed by atoms with Crippen molar-refractivity contribution in [3.63, 3.8) is 0 Å². The van der Waals surface area contributed by atoms with Gasteiger partial charge in [0, 0.05) is 42.2 Å². The van der Waals surface area contributed by atoms with Crippen LogP contribution < -0.4 is 4.90 Å². The van der Waals surface area contributed by atoms with Gasteiger partial charge in [-0.15, -0.1) is 11.3 Å². The summed E-state index contributed by atoms with van der Waals surface area (Å²) in [7, 11) is 0. The lowest BCUT2D eigenvalue weighted by Gasteiger charge is -2.34. The molecule has 1 aliphatic heterocycles. The summed E-state index contributed by atoms with van der Waals surface area (Å²) in [5, 5.41) is 12.2. The van der Waals surface area contributed by atoms with Gasteiger partial charge in [-0.25, -0.2) is 0 Å². The van der Waals surface area contributed by atoms with Crippen LogP contribution in [-0.4, -0.2) is 42.0 Å². The topological polar surface area (TPSA) is 73.4 Å². The second kappa shape index (κ2) is 8.92. The standard InChI is InChI=1S/C21H16Cl2N4O2S/c22-14-3-5-16(17(23)12-14)20(28)26-7-9-27(10-8-26)21-18(13-24)25-19(29-21)6-4-15-2-1-11-30-15/h1-6,11-12H,7-10H2/b6-4+. The van der Waals surface area contributed by atoms with E-state index in [4.69, 9.17) is 27.6 Å². The van der Waals surface area contributed by atoms with Crippen molar-refractivity contribution < 1.29 is 9.21 Å². The summed E-state index contributed by atoms with van der Waals surface area (Å²) in [6.07, 6.45) is 3.65. The molecule has 0 bridgehead atoms. The molecule has 3 heterocycles. The Bertz CT molecular complexity index is 1130. The fraction of sp³-hybridized carbons (Fsp3) is 0.190. The van der Waals surface area contributed by atoms with Crippen LogP contribution in [0, 0.1) is 11.3 Å². The zero-order valence-electron chi connectivity index (χ0n) is 15.7. The number of rotatable bonds is 4. The third-order valence-corrected chi connectivity index (χ3v) is 6.07. The van der Waals surface area contributed by atoms with Gasteiger partial charge in [-0.2, -0.15) is 10.2 Å². The number of carbonyl (C=O) groups excluding carboxylic acids is 1. The Morgan fingerprint density at radius 3 is 2.67 bits per heavy atom. The maximum atomic E-state index is 12.8. The molecule has 0 atom stereocenters. The van der Waals surface area contributed by atoms with Gasteiger partial charge in [0.15, 0.2) is 0 Å². The third kappa shape index (κ3) is 4.36. The number of oxazole rings is 1. The molecular weight excluding hydrogens is 443 g/mol. The Kier molecular flexibility index (Phi) is 6.09. The number of nitrogens with zero attached hydrogens (tertiary/aromatic N) is 4. The van der Waals surface area contributed by atoms with Crippen LogP contribution in [0.1, 0.15) is 26.8 Å². The maximum absolute atomic E-state index is 12.8. The summed E-state index contributed by atoms with van der Waals surface area (Å²) in [6, 6.07) is 10.9. The van der Waals surface area contributed by atoms with Crippen molar-refractivity contribution in [2.75, 3.05) is 31.1 Å². The van der Waals surface area contributed by atoms with E-state index < -0.39 is 0 Å². The van der Waals surface area contributed by atoms with Crippen LogP contribution in [0.15, 0.2) is 40.1 Å². The first-order valence-electron chi connectivity index (χ1n) is 9.17. The van der Waals surface area contributed by atoms with E-state index in [2.05, 4.69) is 11.1 Å². The van der Waals surface area contributed by atoms with E-state index in [1.165, 1.54) is 0 Å². The van der Waals surface area contributed by atoms with Gasteiger partial charge in [-0.3, -0.25) is 4.79 Å². The predicted molar refractivity (Wildman–Crippen MR) is 119 cm³/mol. The largest absolute Gasteiger partial charge is 0.420 e. The van der Waals surface area contributed by atoms with Gasteiger partial charge in [0.25, 0.3) is 5.91 Å². The third-order valence-electron chi connectivity index (χ3n) is 4.68. The van der Waals surface area contributed by atoms with Crippen LogP contribution in [0.25, 0.3) is 12.2 Å². The summed E-state index contributed by atoms with van der Waals surface area (Å²) < 4.78 is 5.83. The molecular formula is C21H16Cl2N4O2S. The molecule has 9 heteroatoms. The van der Waals surface area contributed by atoms with E-state index in [0.29, 0.717) is 53.6 Å². The first-order valence-corrected chi connectivity index (χ1v) is 10.8. The van der Waals surface area contributed by atoms with E-state index in [1.54, 1.807) is 40.5 Å². The summed E-state index contributed by atoms with van der Waals surface area (Å²) >= 11 is 13.7. The van der Waals surface area contributed by atoms with E-state index in [1.807, 2.05) is 28.5 Å². The predicted octanol–water partition coefficient (Wildman–Crippen LogP) is 5.05. The van der Waals surface area contributed by atoms with Gasteiger partial charge in [-0.05, 0) is 35.7 Å². The van der Waals surface area contributed by atoms with Crippen molar-refractivity contribution in [1.82, 2.24) is 9.88 Å². The van der Waals surface area contributed by atoms with Crippen LogP contribution in [0.4, 0.5) is 5.88 Å². The van der Waals surface area contributed by atoms with Gasteiger partial charge in [-0.1, -0.05) is 29.3 Å². The number of nitriles is 1. The van der Waals surface area contributed by atoms with Crippen molar-refractivity contribution in [2.24, 2.45) is 0 Å². The number of piperazine rings is 1. The molecule has 30 heavy (non-hydrogen) atoms. The van der Waals surface area contributed by atoms with Crippen molar-refractivity contribution in [3.05, 3.63) is 67.8 Å². The minimum absolute atomic E-state index is 0.144. The molecule has 0 radical (unpaired) electrons. The number of anilines is 1. The zero-order valence-corrected chi connectivity index (χ0v) is 18.0. The monoisotopic (exact) mass is 458 g/mol. The minimum Gasteiger partial charge on any atom is -0.420 e. The maximum Gasteiger partial charge on any atom is 0.255 e. The van der Waals surface area contributed by atoms with Gasteiger partial charge in [0.05, 0.1) is 10.6 Å². The van der Waals surface area contributed by atoms with E-state index in [9.17, 15) is 10.1 Å². The molecule has 0 saturated carbocycles. The number of thiophene rings is 1. The Labute approximate surface area is 187 Å². The number of hydrogen-bond donors (Lipinski definition) is 0. The van der Waals surface area contributed by atoms with Crippen molar-refractivity contribution in [3.8, 4) is 6.07 Å². The lowest BCUT2D eigenvalue weighted by Crippen LogP contribution is -2.49. The fourth-order valence-corrected chi connectivity index (χ4v) is 4.28. The second-order valence-electron chi connectivity index (χ2n) is 6.57. The molecule has 1 amide bonds. The molecule has 3 aromatic rings. The molecule has 1 aliphatic rings. The molecule has 4 rings (SSSR count). The van der Waals surface area contributed by atoms with Crippen molar-refractivity contribution in [1.29, 1.82) is 5.26 Å². The number of benzene rings is 1. The lowest BCUT2D eigenvalue weighted by atomic mass is 10.1. The van der Waals surface area contributed by atoms with Crippen molar-refractivity contribution in [2.45, 2.75) is 0 Å². The first kappa shape index (κ1) is 20.5. The first-order chi connectivity index (χ1) is 14.5. The van der Waals surface area contributed by atoms with Crippen molar-refractivity contribution >= 4 is 58.5 Å². The number of halogens is 2. The summed E-state index contributed by atoms with van der Waals surface area (Å²) in [6.45, 7) is 2.00. The average molecular weight is 459 g/mol. The highest BCUT2D eigenvalue weighted by atomic mass is 35.5. The van der Waals surface area contributed by atoms with Gasteiger partial charge in [0.2, 0.25) is 17.5 Å². The molecule has 2 aromatic heterocycles. The molecule has 0 spiro atoms. The lowest BCUT2D eigenvalue weighted by molar-refractivity contribution is 0.0745. The number of aromatic nitrogens is 1. The quantitative estimate of drug-likeness (QED) is 0.546. The molecule has 1 aromatic carbocycles. The Morgan fingerprint density at radius 2 is 2.00 bits per heavy atom. The highest BCUT2D eigenvalue weighted by Gasteiger charge is 2.27. The Morgan fingerprint density at radius 1 is 1.20 bits per heavy atom. The normalized spacial score (nSPS) is 14.3. The molecule has 152 valence electrons. The van der Waals surface area contributed by atoms with E-state index in [0.717, 1.165) is 4.88 Å². The molecule has 1 fully saturated rings. The van der Waals surface area contributed by atoms with Crippen LogP contribution in [0.5, 0.6) is 0 Å². The fourth-order valence-electron chi connectivity index (χ4n) is 3.17. The average Bonchev–Trinajstić information content (AvgIpc) is 3.41. The molecule has 0 N–H and O–H groups in total. The van der Waals surface area contributed by atoms with Crippen LogP contribution in [-0.2, 0) is 0 Å². The van der Waals surface area contributed by atoms with Gasteiger partial charge < -0.3 is 14.2 Å². The number of carbonyl (C=O) groups is 1. The Balaban J connectivity index is 1.45. The second-order valence-corrected chi connectivity index (χ2v) is 8.39. The molecule has 0 unspecified atom stereocenters. The smallest absolute Gasteiger partial charge is 0.255 e. The highest BCUT2D eigenvalue weighted by Crippen LogP contribution is 2.26. The van der Waals surface area contributed by atoms with Crippen LogP contribution >= 0.6 is 34.5 Å². The SMILES string of the molecule is N#Cc1nc(/C=C/c2cccs2)oc1N1CCN(C(=O)c2ccc(Cl)cc2Cl)CC1. The highest BCUT2D eigenvalue weighted by molar-refractivity contribution is 7.10.